The van der Waals surface area contributed by atoms with Gasteiger partial charge in [0.2, 0.25) is 0 Å². The Morgan fingerprint density at radius 3 is 2.82 bits per heavy atom. The van der Waals surface area contributed by atoms with Gasteiger partial charge in [-0.15, -0.1) is 0 Å². The summed E-state index contributed by atoms with van der Waals surface area (Å²) in [5.41, 5.74) is 6.56. The number of rotatable bonds is 1. The van der Waals surface area contributed by atoms with Crippen LogP contribution in [0.1, 0.15) is 27.0 Å². The second-order valence-electron chi connectivity index (χ2n) is 4.40. The molecule has 2 aromatic carbocycles. The van der Waals surface area contributed by atoms with Gasteiger partial charge in [0.15, 0.2) is 6.29 Å². The summed E-state index contributed by atoms with van der Waals surface area (Å²) in [4.78, 5) is 11.1. The average Bonchev–Trinajstić information content (AvgIpc) is 2.38. The molecule has 0 aromatic heterocycles. The molecule has 2 nitrogen and oxygen atoms in total. The number of carbonyl (C=O) groups is 1. The number of carbonyl (C=O) groups excluding carboxylic acids is 1. The summed E-state index contributed by atoms with van der Waals surface area (Å²) in [6.07, 6.45) is 1.81. The fourth-order valence-electron chi connectivity index (χ4n) is 2.37. The molecule has 2 heteroatoms. The van der Waals surface area contributed by atoms with Crippen molar-refractivity contribution in [1.82, 2.24) is 0 Å². The van der Waals surface area contributed by atoms with Crippen molar-refractivity contribution in [3.63, 3.8) is 0 Å². The highest BCUT2D eigenvalue weighted by Gasteiger charge is 2.18. The molecular formula is C15H13NO. The van der Waals surface area contributed by atoms with Crippen molar-refractivity contribution in [2.24, 2.45) is 0 Å². The van der Waals surface area contributed by atoms with Crippen LogP contribution in [0.3, 0.4) is 0 Å². The standard InChI is InChI=1S/C15H13NO/c1-10-6-7-12(9-17)15-13(10)8-11-4-2-3-5-14(11)16-15/h2-7,9,16H,8H2,1H3. The molecule has 1 heterocycles. The molecule has 0 saturated carbocycles. The van der Waals surface area contributed by atoms with Gasteiger partial charge in [0, 0.05) is 17.7 Å². The van der Waals surface area contributed by atoms with Crippen LogP contribution in [0.4, 0.5) is 11.4 Å². The van der Waals surface area contributed by atoms with Gasteiger partial charge >= 0.3 is 0 Å². The van der Waals surface area contributed by atoms with Crippen LogP contribution in [-0.2, 0) is 6.42 Å². The predicted octanol–water partition coefficient (Wildman–Crippen LogP) is 3.46. The highest BCUT2D eigenvalue weighted by atomic mass is 16.1. The Morgan fingerprint density at radius 2 is 2.00 bits per heavy atom. The Hall–Kier alpha value is -2.09. The molecule has 84 valence electrons. The van der Waals surface area contributed by atoms with Crippen LogP contribution >= 0.6 is 0 Å². The van der Waals surface area contributed by atoms with E-state index in [2.05, 4.69) is 24.4 Å². The lowest BCUT2D eigenvalue weighted by molar-refractivity contribution is 0.112. The van der Waals surface area contributed by atoms with E-state index in [0.717, 1.165) is 29.6 Å². The third-order valence-corrected chi connectivity index (χ3v) is 3.35. The Bertz CT molecular complexity index is 602. The molecule has 0 unspecified atom stereocenters. The third kappa shape index (κ3) is 1.53. The van der Waals surface area contributed by atoms with Crippen LogP contribution in [0.15, 0.2) is 36.4 Å². The second kappa shape index (κ2) is 3.74. The minimum absolute atomic E-state index is 0.736. The maximum absolute atomic E-state index is 11.1. The summed E-state index contributed by atoms with van der Waals surface area (Å²) in [6, 6.07) is 12.1. The molecule has 0 aliphatic carbocycles. The first-order valence-corrected chi connectivity index (χ1v) is 5.72. The molecule has 1 aliphatic heterocycles. The largest absolute Gasteiger partial charge is 0.354 e. The van der Waals surface area contributed by atoms with E-state index in [9.17, 15) is 4.79 Å². The van der Waals surface area contributed by atoms with E-state index in [0.29, 0.717) is 0 Å². The average molecular weight is 223 g/mol. The molecule has 0 amide bonds. The summed E-state index contributed by atoms with van der Waals surface area (Å²) in [5.74, 6) is 0. The van der Waals surface area contributed by atoms with E-state index in [1.807, 2.05) is 24.3 Å². The Kier molecular flexibility index (Phi) is 2.22. The highest BCUT2D eigenvalue weighted by Crippen LogP contribution is 2.36. The molecule has 0 bridgehead atoms. The van der Waals surface area contributed by atoms with Gasteiger partial charge in [-0.05, 0) is 35.7 Å². The highest BCUT2D eigenvalue weighted by molar-refractivity contribution is 5.90. The number of anilines is 2. The number of benzene rings is 2. The van der Waals surface area contributed by atoms with Crippen LogP contribution in [-0.4, -0.2) is 6.29 Å². The van der Waals surface area contributed by atoms with Crippen LogP contribution in [0.5, 0.6) is 0 Å². The number of aryl methyl sites for hydroxylation is 1. The van der Waals surface area contributed by atoms with Gasteiger partial charge in [0.1, 0.15) is 0 Å². The molecule has 0 atom stereocenters. The van der Waals surface area contributed by atoms with Crippen molar-refractivity contribution in [3.8, 4) is 0 Å². The zero-order valence-electron chi connectivity index (χ0n) is 9.66. The maximum Gasteiger partial charge on any atom is 0.152 e. The SMILES string of the molecule is Cc1ccc(C=O)c2c1Cc1ccccc1N2. The molecule has 1 aliphatic rings. The van der Waals surface area contributed by atoms with Crippen LogP contribution < -0.4 is 5.32 Å². The van der Waals surface area contributed by atoms with Crippen molar-refractivity contribution >= 4 is 17.7 Å². The lowest BCUT2D eigenvalue weighted by atomic mass is 9.92. The molecule has 0 radical (unpaired) electrons. The Balaban J connectivity index is 2.20. The first kappa shape index (κ1) is 10.1. The van der Waals surface area contributed by atoms with Gasteiger partial charge in [0.05, 0.1) is 5.69 Å². The molecule has 3 rings (SSSR count). The lowest BCUT2D eigenvalue weighted by Crippen LogP contribution is -2.10. The van der Waals surface area contributed by atoms with E-state index in [1.54, 1.807) is 0 Å². The van der Waals surface area contributed by atoms with Crippen LogP contribution in [0.25, 0.3) is 0 Å². The number of fused-ring (bicyclic) bond motifs is 2. The minimum atomic E-state index is 0.736. The van der Waals surface area contributed by atoms with Crippen molar-refractivity contribution in [3.05, 3.63) is 58.7 Å². The van der Waals surface area contributed by atoms with Crippen molar-refractivity contribution in [2.75, 3.05) is 5.32 Å². The number of hydrogen-bond acceptors (Lipinski definition) is 2. The first-order valence-electron chi connectivity index (χ1n) is 5.72. The summed E-state index contributed by atoms with van der Waals surface area (Å²) in [5, 5.41) is 3.37. The van der Waals surface area contributed by atoms with Crippen LogP contribution in [0, 0.1) is 6.92 Å². The second-order valence-corrected chi connectivity index (χ2v) is 4.40. The number of para-hydroxylation sites is 1. The molecule has 2 aromatic rings. The van der Waals surface area contributed by atoms with Gasteiger partial charge in [-0.3, -0.25) is 4.79 Å². The lowest BCUT2D eigenvalue weighted by Gasteiger charge is -2.24. The fourth-order valence-corrected chi connectivity index (χ4v) is 2.37. The zero-order valence-corrected chi connectivity index (χ0v) is 9.66. The predicted molar refractivity (Wildman–Crippen MR) is 69.1 cm³/mol. The van der Waals surface area contributed by atoms with E-state index in [4.69, 9.17) is 0 Å². The molecule has 0 spiro atoms. The first-order chi connectivity index (χ1) is 8.29. The van der Waals surface area contributed by atoms with Gasteiger partial charge in [-0.25, -0.2) is 0 Å². The molecule has 0 saturated heterocycles. The monoisotopic (exact) mass is 223 g/mol. The van der Waals surface area contributed by atoms with E-state index < -0.39 is 0 Å². The topological polar surface area (TPSA) is 29.1 Å². The molecule has 17 heavy (non-hydrogen) atoms. The van der Waals surface area contributed by atoms with E-state index >= 15 is 0 Å². The van der Waals surface area contributed by atoms with Gasteiger partial charge < -0.3 is 5.32 Å². The summed E-state index contributed by atoms with van der Waals surface area (Å²) < 4.78 is 0. The quantitative estimate of drug-likeness (QED) is 0.640. The van der Waals surface area contributed by atoms with E-state index in [-0.39, 0.29) is 0 Å². The smallest absolute Gasteiger partial charge is 0.152 e. The summed E-state index contributed by atoms with van der Waals surface area (Å²) in [7, 11) is 0. The van der Waals surface area contributed by atoms with Crippen molar-refractivity contribution in [1.29, 1.82) is 0 Å². The van der Waals surface area contributed by atoms with Crippen molar-refractivity contribution < 1.29 is 4.79 Å². The third-order valence-electron chi connectivity index (χ3n) is 3.35. The van der Waals surface area contributed by atoms with E-state index in [1.165, 1.54) is 16.7 Å². The molecular weight excluding hydrogens is 210 g/mol. The molecule has 1 N–H and O–H groups in total. The normalized spacial score (nSPS) is 12.3. The Morgan fingerprint density at radius 1 is 1.18 bits per heavy atom. The maximum atomic E-state index is 11.1. The van der Waals surface area contributed by atoms with Gasteiger partial charge in [-0.1, -0.05) is 24.3 Å². The van der Waals surface area contributed by atoms with Crippen LogP contribution in [0.2, 0.25) is 0 Å². The number of aldehydes is 1. The Labute approximate surface area is 100 Å². The van der Waals surface area contributed by atoms with Gasteiger partial charge in [0.25, 0.3) is 0 Å². The van der Waals surface area contributed by atoms with Gasteiger partial charge in [-0.2, -0.15) is 0 Å². The number of nitrogens with one attached hydrogen (secondary N) is 1. The fraction of sp³-hybridized carbons (Fsp3) is 0.133. The number of hydrogen-bond donors (Lipinski definition) is 1. The summed E-state index contributed by atoms with van der Waals surface area (Å²) in [6.45, 7) is 2.09. The summed E-state index contributed by atoms with van der Waals surface area (Å²) >= 11 is 0. The van der Waals surface area contributed by atoms with Crippen molar-refractivity contribution in [2.45, 2.75) is 13.3 Å². The minimum Gasteiger partial charge on any atom is -0.354 e. The zero-order chi connectivity index (χ0) is 11.8. The molecule has 0 fully saturated rings.